The number of rotatable bonds is 6. The van der Waals surface area contributed by atoms with Gasteiger partial charge >= 0.3 is 11.9 Å². The van der Waals surface area contributed by atoms with Gasteiger partial charge in [0.2, 0.25) is 0 Å². The Bertz CT molecular complexity index is 1170. The largest absolute Gasteiger partial charge is 0.508 e. The second-order valence-corrected chi connectivity index (χ2v) is 6.02. The highest BCUT2D eigenvalue weighted by Crippen LogP contribution is 2.32. The third-order valence-electron chi connectivity index (χ3n) is 3.96. The Morgan fingerprint density at radius 3 is 1.52 bits per heavy atom. The first-order chi connectivity index (χ1) is 14.7. The Kier molecular flexibility index (Phi) is 5.87. The molecule has 3 rings (SSSR count). The van der Waals surface area contributed by atoms with Crippen molar-refractivity contribution in [1.82, 2.24) is 0 Å². The highest BCUT2D eigenvalue weighted by Gasteiger charge is 2.18. The SMILES string of the molecule is O=C(Oc1ccc(O)cc1OC(=O)c1ccc([N+](=O)[O-])cc1)c1ccc([N+](=O)[O-])cc1. The van der Waals surface area contributed by atoms with Crippen LogP contribution in [-0.4, -0.2) is 26.9 Å². The number of benzene rings is 3. The molecule has 0 aliphatic rings. The normalized spacial score (nSPS) is 10.2. The highest BCUT2D eigenvalue weighted by atomic mass is 16.6. The number of phenolic OH excluding ortho intramolecular Hbond substituents is 1. The van der Waals surface area contributed by atoms with Gasteiger partial charge in [-0.1, -0.05) is 0 Å². The highest BCUT2D eigenvalue weighted by molar-refractivity contribution is 5.93. The van der Waals surface area contributed by atoms with E-state index in [-0.39, 0.29) is 39.8 Å². The number of aromatic hydroxyl groups is 1. The molecule has 1 N–H and O–H groups in total. The maximum atomic E-state index is 12.3. The summed E-state index contributed by atoms with van der Waals surface area (Å²) in [6.07, 6.45) is 0. The Balaban J connectivity index is 1.80. The van der Waals surface area contributed by atoms with Gasteiger partial charge in [0.25, 0.3) is 11.4 Å². The van der Waals surface area contributed by atoms with Gasteiger partial charge in [0.05, 0.1) is 21.0 Å². The molecular formula is C20H12N2O9. The lowest BCUT2D eigenvalue weighted by atomic mass is 10.2. The number of carbonyl (C=O) groups excluding carboxylic acids is 2. The number of phenols is 1. The molecule has 0 heterocycles. The molecule has 3 aromatic rings. The fourth-order valence-corrected chi connectivity index (χ4v) is 2.42. The topological polar surface area (TPSA) is 159 Å². The predicted molar refractivity (Wildman–Crippen MR) is 104 cm³/mol. The molecule has 11 heteroatoms. The number of ether oxygens (including phenoxy) is 2. The van der Waals surface area contributed by atoms with Crippen molar-refractivity contribution >= 4 is 23.3 Å². The third kappa shape index (κ3) is 4.98. The van der Waals surface area contributed by atoms with Gasteiger partial charge in [-0.15, -0.1) is 0 Å². The van der Waals surface area contributed by atoms with Crippen LogP contribution >= 0.6 is 0 Å². The second kappa shape index (κ2) is 8.69. The molecule has 0 radical (unpaired) electrons. The van der Waals surface area contributed by atoms with Crippen LogP contribution in [0.3, 0.4) is 0 Å². The van der Waals surface area contributed by atoms with E-state index < -0.39 is 21.8 Å². The smallest absolute Gasteiger partial charge is 0.343 e. The minimum atomic E-state index is -0.909. The first kappa shape index (κ1) is 20.9. The summed E-state index contributed by atoms with van der Waals surface area (Å²) < 4.78 is 10.4. The second-order valence-electron chi connectivity index (χ2n) is 6.02. The Morgan fingerprint density at radius 2 is 1.10 bits per heavy atom. The summed E-state index contributed by atoms with van der Waals surface area (Å²) in [6, 6.07) is 12.7. The lowest BCUT2D eigenvalue weighted by molar-refractivity contribution is -0.385. The van der Waals surface area contributed by atoms with E-state index in [0.717, 1.165) is 30.3 Å². The molecule has 0 atom stereocenters. The minimum absolute atomic E-state index is 0.00585. The quantitative estimate of drug-likeness (QED) is 0.270. The van der Waals surface area contributed by atoms with Crippen LogP contribution in [-0.2, 0) is 0 Å². The zero-order chi connectivity index (χ0) is 22.5. The van der Waals surface area contributed by atoms with Gasteiger partial charge < -0.3 is 14.6 Å². The maximum Gasteiger partial charge on any atom is 0.343 e. The average Bonchev–Trinajstić information content (AvgIpc) is 2.75. The molecule has 0 fully saturated rings. The van der Waals surface area contributed by atoms with Crippen molar-refractivity contribution in [2.75, 3.05) is 0 Å². The summed E-state index contributed by atoms with van der Waals surface area (Å²) in [4.78, 5) is 44.8. The predicted octanol–water partition coefficient (Wildman–Crippen LogP) is 3.65. The minimum Gasteiger partial charge on any atom is -0.508 e. The van der Waals surface area contributed by atoms with Crippen molar-refractivity contribution in [2.24, 2.45) is 0 Å². The van der Waals surface area contributed by atoms with Gasteiger partial charge in [-0.3, -0.25) is 20.2 Å². The molecule has 156 valence electrons. The van der Waals surface area contributed by atoms with E-state index in [1.807, 2.05) is 0 Å². The van der Waals surface area contributed by atoms with E-state index in [4.69, 9.17) is 9.47 Å². The van der Waals surface area contributed by atoms with Gasteiger partial charge in [0, 0.05) is 30.3 Å². The Morgan fingerprint density at radius 1 is 0.677 bits per heavy atom. The number of non-ortho nitro benzene ring substituents is 2. The average molecular weight is 424 g/mol. The van der Waals surface area contributed by atoms with Crippen LogP contribution in [0.2, 0.25) is 0 Å². The van der Waals surface area contributed by atoms with E-state index in [1.54, 1.807) is 0 Å². The fourth-order valence-electron chi connectivity index (χ4n) is 2.42. The van der Waals surface area contributed by atoms with E-state index in [0.29, 0.717) is 0 Å². The van der Waals surface area contributed by atoms with E-state index in [2.05, 4.69) is 0 Å². The van der Waals surface area contributed by atoms with E-state index in [9.17, 15) is 34.9 Å². The van der Waals surface area contributed by atoms with Crippen LogP contribution in [0, 0.1) is 20.2 Å². The standard InChI is InChI=1S/C20H12N2O9/c23-16-9-10-17(30-19(24)12-1-5-14(6-2-12)21(26)27)18(11-16)31-20(25)13-3-7-15(8-4-13)22(28)29/h1-11,23H. The number of hydrogen-bond donors (Lipinski definition) is 1. The van der Waals surface area contributed by atoms with Crippen LogP contribution < -0.4 is 9.47 Å². The molecular weight excluding hydrogens is 412 g/mol. The lowest BCUT2D eigenvalue weighted by Gasteiger charge is -2.11. The molecule has 11 nitrogen and oxygen atoms in total. The molecule has 0 aromatic heterocycles. The molecule has 31 heavy (non-hydrogen) atoms. The van der Waals surface area contributed by atoms with Gasteiger partial charge in [-0.2, -0.15) is 0 Å². The van der Waals surface area contributed by atoms with Crippen molar-refractivity contribution in [1.29, 1.82) is 0 Å². The van der Waals surface area contributed by atoms with Crippen LogP contribution in [0.1, 0.15) is 20.7 Å². The Hall–Kier alpha value is -4.80. The number of nitro groups is 2. The molecule has 0 bridgehead atoms. The van der Waals surface area contributed by atoms with E-state index in [1.165, 1.54) is 36.4 Å². The van der Waals surface area contributed by atoms with Crippen molar-refractivity contribution in [3.05, 3.63) is 98.1 Å². The molecule has 0 spiro atoms. The van der Waals surface area contributed by atoms with E-state index >= 15 is 0 Å². The lowest BCUT2D eigenvalue weighted by Crippen LogP contribution is -2.12. The number of esters is 2. The molecule has 0 amide bonds. The monoisotopic (exact) mass is 424 g/mol. The van der Waals surface area contributed by atoms with Crippen molar-refractivity contribution in [3.8, 4) is 17.2 Å². The summed E-state index contributed by atoms with van der Waals surface area (Å²) in [6.45, 7) is 0. The number of hydrogen-bond acceptors (Lipinski definition) is 9. The molecule has 0 aliphatic heterocycles. The maximum absolute atomic E-state index is 12.3. The van der Waals surface area contributed by atoms with Crippen LogP contribution in [0.4, 0.5) is 11.4 Å². The summed E-state index contributed by atoms with van der Waals surface area (Å²) >= 11 is 0. The van der Waals surface area contributed by atoms with Crippen LogP contribution in [0.5, 0.6) is 17.2 Å². The van der Waals surface area contributed by atoms with Crippen molar-refractivity contribution in [2.45, 2.75) is 0 Å². The Labute approximate surface area is 173 Å². The zero-order valence-electron chi connectivity index (χ0n) is 15.5. The first-order valence-corrected chi connectivity index (χ1v) is 8.51. The molecule has 0 saturated carbocycles. The van der Waals surface area contributed by atoms with Crippen LogP contribution in [0.15, 0.2) is 66.7 Å². The van der Waals surface area contributed by atoms with Gasteiger partial charge in [0.15, 0.2) is 11.5 Å². The van der Waals surface area contributed by atoms with Gasteiger partial charge in [-0.05, 0) is 36.4 Å². The summed E-state index contributed by atoms with van der Waals surface area (Å²) in [7, 11) is 0. The first-order valence-electron chi connectivity index (χ1n) is 8.51. The molecule has 0 aliphatic carbocycles. The van der Waals surface area contributed by atoms with Crippen molar-refractivity contribution in [3.63, 3.8) is 0 Å². The molecule has 0 unspecified atom stereocenters. The third-order valence-corrected chi connectivity index (χ3v) is 3.96. The fraction of sp³-hybridized carbons (Fsp3) is 0. The van der Waals surface area contributed by atoms with Crippen LogP contribution in [0.25, 0.3) is 0 Å². The van der Waals surface area contributed by atoms with Gasteiger partial charge in [0.1, 0.15) is 5.75 Å². The molecule has 0 saturated heterocycles. The molecule has 3 aromatic carbocycles. The van der Waals surface area contributed by atoms with Crippen molar-refractivity contribution < 1.29 is 34.0 Å². The zero-order valence-corrected chi connectivity index (χ0v) is 15.5. The number of nitrogens with zero attached hydrogens (tertiary/aromatic N) is 2. The number of carbonyl (C=O) groups is 2. The van der Waals surface area contributed by atoms with Gasteiger partial charge in [-0.25, -0.2) is 9.59 Å². The number of nitro benzene ring substituents is 2. The summed E-state index contributed by atoms with van der Waals surface area (Å²) in [5.41, 5.74) is -0.432. The summed E-state index contributed by atoms with van der Waals surface area (Å²) in [5.74, 6) is -2.54. The summed E-state index contributed by atoms with van der Waals surface area (Å²) in [5, 5.41) is 31.1.